The Balaban J connectivity index is 1.56. The van der Waals surface area contributed by atoms with Crippen molar-refractivity contribution in [2.24, 2.45) is 11.7 Å². The minimum Gasteiger partial charge on any atom is -0.497 e. The number of hydrogen-bond donors (Lipinski definition) is 1. The van der Waals surface area contributed by atoms with E-state index in [0.717, 1.165) is 33.6 Å². The number of methoxy groups -OCH3 is 1. The molecule has 3 atom stereocenters. The molecule has 1 aliphatic rings. The van der Waals surface area contributed by atoms with Gasteiger partial charge in [-0.2, -0.15) is 5.10 Å². The molecule has 1 amide bonds. The minimum atomic E-state index is -0.339. The molecule has 4 aromatic rings. The molecule has 0 saturated carbocycles. The third-order valence-electron chi connectivity index (χ3n) is 6.21. The molecule has 1 saturated heterocycles. The number of carbonyl (C=O) groups excluding carboxylic acids is 1. The number of halogens is 1. The number of benzene rings is 3. The van der Waals surface area contributed by atoms with Crippen LogP contribution in [0.25, 0.3) is 16.6 Å². The summed E-state index contributed by atoms with van der Waals surface area (Å²) >= 11 is 0. The molecule has 6 nitrogen and oxygen atoms in total. The molecule has 1 aromatic heterocycles. The van der Waals surface area contributed by atoms with Crippen molar-refractivity contribution in [1.29, 1.82) is 0 Å². The van der Waals surface area contributed by atoms with Crippen LogP contribution in [0.5, 0.6) is 5.75 Å². The van der Waals surface area contributed by atoms with Gasteiger partial charge in [-0.3, -0.25) is 4.79 Å². The van der Waals surface area contributed by atoms with Gasteiger partial charge in [0.2, 0.25) is 5.91 Å². The molecule has 1 aliphatic heterocycles. The van der Waals surface area contributed by atoms with Crippen molar-refractivity contribution in [3.63, 3.8) is 0 Å². The van der Waals surface area contributed by atoms with E-state index in [2.05, 4.69) is 5.10 Å². The van der Waals surface area contributed by atoms with Crippen molar-refractivity contribution in [1.82, 2.24) is 9.78 Å². The lowest BCUT2D eigenvalue weighted by atomic mass is 9.95. The van der Waals surface area contributed by atoms with E-state index in [1.165, 1.54) is 12.1 Å². The SMILES string of the molecule is COc1ccc(C2[C@@H](N)[C@H](C)C(=O)N2c2ccc3c(cnn3-c3ccc(F)cc3)c2)cc1. The zero-order valence-corrected chi connectivity index (χ0v) is 17.8. The lowest BCUT2D eigenvalue weighted by molar-refractivity contribution is -0.120. The predicted octanol–water partition coefficient (Wildman–Crippen LogP) is 4.22. The van der Waals surface area contributed by atoms with Crippen LogP contribution in [0.15, 0.2) is 72.9 Å². The molecule has 162 valence electrons. The summed E-state index contributed by atoms with van der Waals surface area (Å²) in [6.45, 7) is 1.87. The second-order valence-corrected chi connectivity index (χ2v) is 8.07. The highest BCUT2D eigenvalue weighted by Crippen LogP contribution is 2.40. The van der Waals surface area contributed by atoms with Crippen molar-refractivity contribution in [2.45, 2.75) is 19.0 Å². The highest BCUT2D eigenvalue weighted by atomic mass is 19.1. The van der Waals surface area contributed by atoms with Crippen LogP contribution < -0.4 is 15.4 Å². The first kappa shape index (κ1) is 20.2. The van der Waals surface area contributed by atoms with E-state index >= 15 is 0 Å². The largest absolute Gasteiger partial charge is 0.497 e. The van der Waals surface area contributed by atoms with Gasteiger partial charge in [0.1, 0.15) is 11.6 Å². The number of ether oxygens (including phenoxy) is 1. The normalized spacial score (nSPS) is 20.8. The molecule has 1 fully saturated rings. The van der Waals surface area contributed by atoms with Crippen LogP contribution in [-0.4, -0.2) is 28.8 Å². The molecule has 0 bridgehead atoms. The molecule has 0 aliphatic carbocycles. The number of nitrogens with two attached hydrogens (primary N) is 1. The van der Waals surface area contributed by atoms with E-state index in [4.69, 9.17) is 10.5 Å². The maximum absolute atomic E-state index is 13.3. The lowest BCUT2D eigenvalue weighted by Gasteiger charge is -2.27. The Morgan fingerprint density at radius 1 is 1.00 bits per heavy atom. The fourth-order valence-corrected chi connectivity index (χ4v) is 4.39. The Morgan fingerprint density at radius 3 is 2.38 bits per heavy atom. The van der Waals surface area contributed by atoms with Gasteiger partial charge in [-0.05, 0) is 60.2 Å². The van der Waals surface area contributed by atoms with Gasteiger partial charge in [0.15, 0.2) is 0 Å². The second kappa shape index (κ2) is 7.76. The number of fused-ring (bicyclic) bond motifs is 1. The number of aromatic nitrogens is 2. The van der Waals surface area contributed by atoms with Gasteiger partial charge in [-0.1, -0.05) is 19.1 Å². The Morgan fingerprint density at radius 2 is 1.69 bits per heavy atom. The summed E-state index contributed by atoms with van der Waals surface area (Å²) in [5.74, 6) is 0.138. The lowest BCUT2D eigenvalue weighted by Crippen LogP contribution is -2.33. The van der Waals surface area contributed by atoms with Gasteiger partial charge >= 0.3 is 0 Å². The quantitative estimate of drug-likeness (QED) is 0.526. The summed E-state index contributed by atoms with van der Waals surface area (Å²) in [6, 6.07) is 19.0. The molecular weight excluding hydrogens is 407 g/mol. The first-order valence-electron chi connectivity index (χ1n) is 10.4. The third kappa shape index (κ3) is 3.22. The highest BCUT2D eigenvalue weighted by molar-refractivity contribution is 6.00. The highest BCUT2D eigenvalue weighted by Gasteiger charge is 2.45. The van der Waals surface area contributed by atoms with Crippen molar-refractivity contribution in [2.75, 3.05) is 12.0 Å². The summed E-state index contributed by atoms with van der Waals surface area (Å²) in [7, 11) is 1.62. The molecule has 0 radical (unpaired) electrons. The molecule has 3 aromatic carbocycles. The Labute approximate surface area is 185 Å². The average Bonchev–Trinajstić information content (AvgIpc) is 3.34. The molecule has 2 heterocycles. The Bertz CT molecular complexity index is 1280. The van der Waals surface area contributed by atoms with Crippen molar-refractivity contribution >= 4 is 22.5 Å². The van der Waals surface area contributed by atoms with E-state index in [9.17, 15) is 9.18 Å². The minimum absolute atomic E-state index is 0.0106. The summed E-state index contributed by atoms with van der Waals surface area (Å²) in [6.07, 6.45) is 1.74. The molecular formula is C25H23FN4O2. The van der Waals surface area contributed by atoms with Gasteiger partial charge in [0, 0.05) is 17.1 Å². The number of amides is 1. The third-order valence-corrected chi connectivity index (χ3v) is 6.21. The van der Waals surface area contributed by atoms with Crippen LogP contribution in [0.1, 0.15) is 18.5 Å². The molecule has 2 N–H and O–H groups in total. The van der Waals surface area contributed by atoms with Crippen molar-refractivity contribution < 1.29 is 13.9 Å². The van der Waals surface area contributed by atoms with Gasteiger partial charge in [0.25, 0.3) is 0 Å². The standard InChI is InChI=1S/C25H23FN4O2/c1-15-23(27)24(16-3-10-21(32-2)11-4-16)29(25(15)31)20-9-12-22-17(13-20)14-28-30(22)19-7-5-18(26)6-8-19/h3-15,23-24H,27H2,1-2H3/t15-,23-,24?/m0/s1. The van der Waals surface area contributed by atoms with E-state index in [-0.39, 0.29) is 29.7 Å². The van der Waals surface area contributed by atoms with Gasteiger partial charge < -0.3 is 15.4 Å². The van der Waals surface area contributed by atoms with Crippen molar-refractivity contribution in [3.8, 4) is 11.4 Å². The smallest absolute Gasteiger partial charge is 0.232 e. The van der Waals surface area contributed by atoms with Gasteiger partial charge in [-0.15, -0.1) is 0 Å². The van der Waals surface area contributed by atoms with Gasteiger partial charge in [0.05, 0.1) is 36.5 Å². The predicted molar refractivity (Wildman–Crippen MR) is 121 cm³/mol. The molecule has 5 rings (SSSR count). The van der Waals surface area contributed by atoms with E-state index in [1.54, 1.807) is 35.0 Å². The first-order chi connectivity index (χ1) is 15.5. The maximum Gasteiger partial charge on any atom is 0.232 e. The van der Waals surface area contributed by atoms with Crippen LogP contribution in [0.4, 0.5) is 10.1 Å². The fourth-order valence-electron chi connectivity index (χ4n) is 4.39. The van der Waals surface area contributed by atoms with Crippen LogP contribution in [0.3, 0.4) is 0 Å². The number of nitrogens with zero attached hydrogens (tertiary/aromatic N) is 3. The molecule has 7 heteroatoms. The monoisotopic (exact) mass is 430 g/mol. The summed E-state index contributed by atoms with van der Waals surface area (Å²) < 4.78 is 20.3. The van der Waals surface area contributed by atoms with Crippen LogP contribution in [0.2, 0.25) is 0 Å². The van der Waals surface area contributed by atoms with Crippen LogP contribution >= 0.6 is 0 Å². The molecule has 1 unspecified atom stereocenters. The van der Waals surface area contributed by atoms with Crippen molar-refractivity contribution in [3.05, 3.63) is 84.3 Å². The Hall–Kier alpha value is -3.71. The first-order valence-corrected chi connectivity index (χ1v) is 10.4. The number of rotatable bonds is 4. The summed E-state index contributed by atoms with van der Waals surface area (Å²) in [5, 5.41) is 5.34. The second-order valence-electron chi connectivity index (χ2n) is 8.07. The number of anilines is 1. The van der Waals surface area contributed by atoms with Crippen LogP contribution in [0, 0.1) is 11.7 Å². The van der Waals surface area contributed by atoms with E-state index in [0.29, 0.717) is 0 Å². The summed E-state index contributed by atoms with van der Waals surface area (Å²) in [4.78, 5) is 15.0. The summed E-state index contributed by atoms with van der Waals surface area (Å²) in [5.41, 5.74) is 9.86. The zero-order valence-electron chi connectivity index (χ0n) is 17.8. The zero-order chi connectivity index (χ0) is 22.4. The van der Waals surface area contributed by atoms with Crippen LogP contribution in [-0.2, 0) is 4.79 Å². The van der Waals surface area contributed by atoms with Gasteiger partial charge in [-0.25, -0.2) is 9.07 Å². The average molecular weight is 430 g/mol. The molecule has 0 spiro atoms. The van der Waals surface area contributed by atoms with E-state index < -0.39 is 0 Å². The molecule has 32 heavy (non-hydrogen) atoms. The van der Waals surface area contributed by atoms with E-state index in [1.807, 2.05) is 49.4 Å². The number of hydrogen-bond acceptors (Lipinski definition) is 4. The maximum atomic E-state index is 13.3. The Kier molecular flexibility index (Phi) is 4.90. The fraction of sp³-hybridized carbons (Fsp3) is 0.200. The topological polar surface area (TPSA) is 73.4 Å². The number of carbonyl (C=O) groups is 1.